The van der Waals surface area contributed by atoms with E-state index in [1.54, 1.807) is 18.4 Å². The predicted molar refractivity (Wildman–Crippen MR) is 117 cm³/mol. The number of aromatic nitrogens is 1. The monoisotopic (exact) mass is 478 g/mol. The molecule has 1 unspecified atom stereocenters. The van der Waals surface area contributed by atoms with Gasteiger partial charge in [-0.25, -0.2) is 4.98 Å². The third-order valence-electron chi connectivity index (χ3n) is 3.54. The summed E-state index contributed by atoms with van der Waals surface area (Å²) in [5.74, 6) is 1.89. The van der Waals surface area contributed by atoms with Crippen LogP contribution in [0, 0.1) is 5.92 Å². The standard InChI is InChI=1S/C17H26N4S2.HI/c1-12(2)15-11-23-16(21-15)10-20-17(18-4)19-9-13(3)8-14-6-5-7-22-14;/h5-7,11-13H,8-10H2,1-4H3,(H2,18,19,20);1H. The number of guanidine groups is 1. The molecule has 0 aliphatic carbocycles. The van der Waals surface area contributed by atoms with Crippen molar-refractivity contribution in [3.8, 4) is 0 Å². The van der Waals surface area contributed by atoms with Gasteiger partial charge >= 0.3 is 0 Å². The fraction of sp³-hybridized carbons (Fsp3) is 0.529. The zero-order chi connectivity index (χ0) is 16.7. The minimum absolute atomic E-state index is 0. The molecule has 0 aromatic carbocycles. The number of halogens is 1. The lowest BCUT2D eigenvalue weighted by Gasteiger charge is -2.15. The highest BCUT2D eigenvalue weighted by molar-refractivity contribution is 14.0. The molecule has 4 nitrogen and oxygen atoms in total. The van der Waals surface area contributed by atoms with Gasteiger partial charge in [-0.05, 0) is 29.7 Å². The third kappa shape index (κ3) is 7.06. The molecule has 0 aliphatic heterocycles. The molecule has 2 heterocycles. The summed E-state index contributed by atoms with van der Waals surface area (Å²) >= 11 is 3.53. The third-order valence-corrected chi connectivity index (χ3v) is 5.31. The van der Waals surface area contributed by atoms with Crippen molar-refractivity contribution in [2.45, 2.75) is 39.7 Å². The number of thiophene rings is 1. The second kappa shape index (κ2) is 11.0. The lowest BCUT2D eigenvalue weighted by Crippen LogP contribution is -2.39. The molecule has 134 valence electrons. The number of nitrogens with zero attached hydrogens (tertiary/aromatic N) is 2. The molecule has 2 rings (SSSR count). The fourth-order valence-electron chi connectivity index (χ4n) is 2.17. The highest BCUT2D eigenvalue weighted by Gasteiger charge is 2.08. The Balaban J connectivity index is 0.00000288. The summed E-state index contributed by atoms with van der Waals surface area (Å²) < 4.78 is 0. The van der Waals surface area contributed by atoms with Crippen molar-refractivity contribution in [3.05, 3.63) is 38.5 Å². The summed E-state index contributed by atoms with van der Waals surface area (Å²) in [4.78, 5) is 10.4. The number of rotatable bonds is 7. The predicted octanol–water partition coefficient (Wildman–Crippen LogP) is 4.49. The molecule has 0 bridgehead atoms. The molecule has 2 N–H and O–H groups in total. The normalized spacial score (nSPS) is 12.8. The highest BCUT2D eigenvalue weighted by atomic mass is 127. The van der Waals surface area contributed by atoms with Gasteiger partial charge in [0.1, 0.15) is 5.01 Å². The van der Waals surface area contributed by atoms with Gasteiger partial charge in [-0.2, -0.15) is 0 Å². The van der Waals surface area contributed by atoms with Gasteiger partial charge in [-0.15, -0.1) is 46.7 Å². The van der Waals surface area contributed by atoms with E-state index >= 15 is 0 Å². The molecule has 0 aliphatic rings. The first-order chi connectivity index (χ1) is 11.1. The summed E-state index contributed by atoms with van der Waals surface area (Å²) in [6, 6.07) is 4.31. The van der Waals surface area contributed by atoms with E-state index in [0.717, 1.165) is 30.5 Å². The van der Waals surface area contributed by atoms with Crippen LogP contribution in [-0.4, -0.2) is 24.5 Å². The quantitative estimate of drug-likeness (QED) is 0.350. The highest BCUT2D eigenvalue weighted by Crippen LogP contribution is 2.17. The van der Waals surface area contributed by atoms with E-state index < -0.39 is 0 Å². The number of thiazole rings is 1. The minimum atomic E-state index is 0. The van der Waals surface area contributed by atoms with Crippen LogP contribution in [0.3, 0.4) is 0 Å². The van der Waals surface area contributed by atoms with Crippen LogP contribution in [0.25, 0.3) is 0 Å². The molecule has 0 saturated heterocycles. The molecule has 0 saturated carbocycles. The number of hydrogen-bond acceptors (Lipinski definition) is 4. The van der Waals surface area contributed by atoms with Crippen molar-refractivity contribution in [3.63, 3.8) is 0 Å². The van der Waals surface area contributed by atoms with Crippen molar-refractivity contribution in [2.24, 2.45) is 10.9 Å². The Morgan fingerprint density at radius 1 is 1.25 bits per heavy atom. The fourth-order valence-corrected chi connectivity index (χ4v) is 3.93. The van der Waals surface area contributed by atoms with Gasteiger partial charge in [0.25, 0.3) is 0 Å². The average molecular weight is 478 g/mol. The lowest BCUT2D eigenvalue weighted by atomic mass is 10.1. The van der Waals surface area contributed by atoms with Gasteiger partial charge < -0.3 is 10.6 Å². The second-order valence-corrected chi connectivity index (χ2v) is 7.99. The van der Waals surface area contributed by atoms with Gasteiger partial charge in [-0.1, -0.05) is 26.8 Å². The zero-order valence-corrected chi connectivity index (χ0v) is 18.7. The molecule has 2 aromatic rings. The lowest BCUT2D eigenvalue weighted by molar-refractivity contribution is 0.562. The van der Waals surface area contributed by atoms with Gasteiger partial charge in [0.05, 0.1) is 12.2 Å². The number of hydrogen-bond donors (Lipinski definition) is 2. The van der Waals surface area contributed by atoms with E-state index in [1.165, 1.54) is 10.6 Å². The molecule has 7 heteroatoms. The number of aliphatic imine (C=N–C) groups is 1. The van der Waals surface area contributed by atoms with E-state index in [9.17, 15) is 0 Å². The maximum absolute atomic E-state index is 4.64. The van der Waals surface area contributed by atoms with Crippen LogP contribution in [0.2, 0.25) is 0 Å². The van der Waals surface area contributed by atoms with Crippen LogP contribution in [0.15, 0.2) is 27.9 Å². The van der Waals surface area contributed by atoms with Crippen molar-refractivity contribution in [2.75, 3.05) is 13.6 Å². The Hall–Kier alpha value is -0.670. The van der Waals surface area contributed by atoms with Crippen LogP contribution in [0.1, 0.15) is 42.3 Å². The maximum Gasteiger partial charge on any atom is 0.191 e. The van der Waals surface area contributed by atoms with Gasteiger partial charge in [-0.3, -0.25) is 4.99 Å². The minimum Gasteiger partial charge on any atom is -0.356 e. The number of nitrogens with one attached hydrogen (secondary N) is 2. The van der Waals surface area contributed by atoms with E-state index in [4.69, 9.17) is 0 Å². The Kier molecular flexibility index (Phi) is 9.84. The van der Waals surface area contributed by atoms with Gasteiger partial charge in [0, 0.05) is 23.8 Å². The molecule has 0 amide bonds. The molecule has 0 spiro atoms. The first-order valence-corrected chi connectivity index (χ1v) is 9.75. The Morgan fingerprint density at radius 3 is 2.62 bits per heavy atom. The van der Waals surface area contributed by atoms with Crippen LogP contribution < -0.4 is 10.6 Å². The van der Waals surface area contributed by atoms with Crippen molar-refractivity contribution in [1.82, 2.24) is 15.6 Å². The van der Waals surface area contributed by atoms with E-state index in [-0.39, 0.29) is 24.0 Å². The molecular formula is C17H27IN4S2. The van der Waals surface area contributed by atoms with E-state index in [2.05, 4.69) is 64.3 Å². The van der Waals surface area contributed by atoms with Crippen molar-refractivity contribution >= 4 is 52.6 Å². The SMILES string of the molecule is CN=C(NCc1nc(C(C)C)cs1)NCC(C)Cc1cccs1.I. The first kappa shape index (κ1) is 21.4. The van der Waals surface area contributed by atoms with E-state index in [0.29, 0.717) is 11.8 Å². The first-order valence-electron chi connectivity index (χ1n) is 7.99. The molecule has 0 radical (unpaired) electrons. The Labute approximate surface area is 170 Å². The summed E-state index contributed by atoms with van der Waals surface area (Å²) in [6.45, 7) is 8.22. The second-order valence-electron chi connectivity index (χ2n) is 6.02. The van der Waals surface area contributed by atoms with Crippen LogP contribution in [0.5, 0.6) is 0 Å². The zero-order valence-electron chi connectivity index (χ0n) is 14.7. The average Bonchev–Trinajstić information content (AvgIpc) is 3.18. The van der Waals surface area contributed by atoms with Crippen LogP contribution >= 0.6 is 46.7 Å². The smallest absolute Gasteiger partial charge is 0.191 e. The van der Waals surface area contributed by atoms with Gasteiger partial charge in [0.15, 0.2) is 5.96 Å². The molecule has 0 fully saturated rings. The molecule has 1 atom stereocenters. The molecule has 2 aromatic heterocycles. The topological polar surface area (TPSA) is 49.3 Å². The Morgan fingerprint density at radius 2 is 2.04 bits per heavy atom. The summed E-state index contributed by atoms with van der Waals surface area (Å²) in [5.41, 5.74) is 1.17. The molecule has 24 heavy (non-hydrogen) atoms. The van der Waals surface area contributed by atoms with Crippen molar-refractivity contribution in [1.29, 1.82) is 0 Å². The summed E-state index contributed by atoms with van der Waals surface area (Å²) in [7, 11) is 1.81. The van der Waals surface area contributed by atoms with Crippen molar-refractivity contribution < 1.29 is 0 Å². The Bertz CT molecular complexity index is 608. The largest absolute Gasteiger partial charge is 0.356 e. The summed E-state index contributed by atoms with van der Waals surface area (Å²) in [6.07, 6.45) is 1.10. The van der Waals surface area contributed by atoms with E-state index in [1.807, 2.05) is 11.3 Å². The van der Waals surface area contributed by atoms with Crippen LogP contribution in [0.4, 0.5) is 0 Å². The summed E-state index contributed by atoms with van der Waals surface area (Å²) in [5, 5.41) is 12.1. The van der Waals surface area contributed by atoms with Gasteiger partial charge in [0.2, 0.25) is 0 Å². The maximum atomic E-state index is 4.64. The van der Waals surface area contributed by atoms with Crippen LogP contribution in [-0.2, 0) is 13.0 Å². The molecular weight excluding hydrogens is 451 g/mol.